The Morgan fingerprint density at radius 2 is 1.80 bits per heavy atom. The molecule has 6 aromatic rings. The Morgan fingerprint density at radius 1 is 1.00 bits per heavy atom. The van der Waals surface area contributed by atoms with Gasteiger partial charge < -0.3 is 5.11 Å². The monoisotopic (exact) mass is 574 g/mol. The molecule has 0 saturated carbocycles. The highest BCUT2D eigenvalue weighted by Crippen LogP contribution is 2.37. The highest BCUT2D eigenvalue weighted by Gasteiger charge is 2.41. The van der Waals surface area contributed by atoms with Crippen LogP contribution in [0, 0.1) is 11.6 Å². The van der Waals surface area contributed by atoms with Crippen molar-refractivity contribution in [1.82, 2.24) is 24.5 Å². The van der Waals surface area contributed by atoms with Crippen LogP contribution < -0.4 is 4.72 Å². The van der Waals surface area contributed by atoms with E-state index >= 15 is 0 Å². The van der Waals surface area contributed by atoms with E-state index in [1.807, 2.05) is 18.2 Å². The fourth-order valence-corrected chi connectivity index (χ4v) is 6.29. The van der Waals surface area contributed by atoms with Gasteiger partial charge in [0.25, 0.3) is 10.0 Å². The summed E-state index contributed by atoms with van der Waals surface area (Å²) in [5, 5.41) is 22.5. The zero-order chi connectivity index (χ0) is 28.8. The Morgan fingerprint density at radius 3 is 2.59 bits per heavy atom. The summed E-state index contributed by atoms with van der Waals surface area (Å²) >= 11 is 0. The molecular formula is C29H24F2N6O3S. The number of halogens is 2. The number of nitrogens with zero attached hydrogens (tertiary/aromatic N) is 5. The quantitative estimate of drug-likeness (QED) is 0.264. The predicted octanol–water partition coefficient (Wildman–Crippen LogP) is 5.01. The molecule has 9 nitrogen and oxygen atoms in total. The van der Waals surface area contributed by atoms with Crippen molar-refractivity contribution < 1.29 is 22.3 Å². The predicted molar refractivity (Wildman–Crippen MR) is 149 cm³/mol. The van der Waals surface area contributed by atoms with Crippen molar-refractivity contribution in [3.63, 3.8) is 0 Å². The summed E-state index contributed by atoms with van der Waals surface area (Å²) in [6.07, 6.45) is 4.30. The summed E-state index contributed by atoms with van der Waals surface area (Å²) in [5.41, 5.74) is -1.20. The molecule has 0 aliphatic rings. The molecule has 2 aromatic heterocycles. The van der Waals surface area contributed by atoms with Crippen molar-refractivity contribution in [1.29, 1.82) is 0 Å². The van der Waals surface area contributed by atoms with Gasteiger partial charge in [0.15, 0.2) is 0 Å². The maximum atomic E-state index is 15.0. The average Bonchev–Trinajstić information content (AvgIpc) is 3.61. The van der Waals surface area contributed by atoms with Gasteiger partial charge in [0, 0.05) is 34.3 Å². The zero-order valence-electron chi connectivity index (χ0n) is 21.7. The highest BCUT2D eigenvalue weighted by atomic mass is 32.2. The Kier molecular flexibility index (Phi) is 6.51. The lowest BCUT2D eigenvalue weighted by Crippen LogP contribution is -2.40. The fraction of sp³-hybridized carbons (Fsp3) is 0.138. The smallest absolute Gasteiger partial charge is 0.262 e. The Bertz CT molecular complexity index is 1990. The van der Waals surface area contributed by atoms with Gasteiger partial charge in [0.2, 0.25) is 0 Å². The van der Waals surface area contributed by atoms with Gasteiger partial charge in [-0.05, 0) is 42.6 Å². The van der Waals surface area contributed by atoms with E-state index in [1.165, 1.54) is 28.1 Å². The molecule has 0 saturated heterocycles. The molecular weight excluding hydrogens is 550 g/mol. The summed E-state index contributed by atoms with van der Waals surface area (Å²) in [6, 6.07) is 19.3. The third-order valence-corrected chi connectivity index (χ3v) is 8.61. The lowest BCUT2D eigenvalue weighted by Gasteiger charge is -2.34. The summed E-state index contributed by atoms with van der Waals surface area (Å²) < 4.78 is 60.8. The van der Waals surface area contributed by atoms with Gasteiger partial charge in [0.1, 0.15) is 29.9 Å². The van der Waals surface area contributed by atoms with Gasteiger partial charge in [-0.15, -0.1) is 0 Å². The molecule has 0 aliphatic carbocycles. The Labute approximate surface area is 233 Å². The first-order chi connectivity index (χ1) is 19.6. The second kappa shape index (κ2) is 10.1. The number of benzene rings is 4. The first-order valence-corrected chi connectivity index (χ1v) is 14.1. The summed E-state index contributed by atoms with van der Waals surface area (Å²) in [4.78, 5) is 4.04. The lowest BCUT2D eigenvalue weighted by molar-refractivity contribution is -0.0366. The number of fused-ring (bicyclic) bond motifs is 2. The van der Waals surface area contributed by atoms with Crippen LogP contribution in [-0.4, -0.2) is 38.1 Å². The first kappa shape index (κ1) is 26.5. The van der Waals surface area contributed by atoms with Crippen LogP contribution in [0.4, 0.5) is 14.5 Å². The van der Waals surface area contributed by atoms with Crippen molar-refractivity contribution in [3.05, 3.63) is 115 Å². The van der Waals surface area contributed by atoms with Gasteiger partial charge in [-0.3, -0.25) is 9.40 Å². The maximum Gasteiger partial charge on any atom is 0.262 e. The molecule has 2 heterocycles. The van der Waals surface area contributed by atoms with Gasteiger partial charge in [-0.25, -0.2) is 26.9 Å². The van der Waals surface area contributed by atoms with E-state index in [9.17, 15) is 22.3 Å². The summed E-state index contributed by atoms with van der Waals surface area (Å²) in [5.74, 6) is -1.69. The third-order valence-electron chi connectivity index (χ3n) is 7.17. The second-order valence-electron chi connectivity index (χ2n) is 9.78. The topological polar surface area (TPSA) is 115 Å². The molecule has 2 N–H and O–H groups in total. The zero-order valence-corrected chi connectivity index (χ0v) is 22.5. The minimum atomic E-state index is -3.92. The van der Waals surface area contributed by atoms with Crippen LogP contribution in [0.1, 0.15) is 18.5 Å². The normalized spacial score (nSPS) is 14.2. The molecule has 0 aliphatic heterocycles. The number of sulfonamides is 1. The number of nitrogens with one attached hydrogen (secondary N) is 1. The largest absolute Gasteiger partial charge is 0.381 e. The number of hydrogen-bond donors (Lipinski definition) is 2. The second-order valence-corrected chi connectivity index (χ2v) is 11.4. The molecule has 4 aromatic carbocycles. The lowest BCUT2D eigenvalue weighted by atomic mass is 9.86. The molecule has 0 bridgehead atoms. The summed E-state index contributed by atoms with van der Waals surface area (Å²) in [6.45, 7) is 1.46. The van der Waals surface area contributed by atoms with Crippen molar-refractivity contribution in [2.75, 3.05) is 4.72 Å². The van der Waals surface area contributed by atoms with E-state index in [-0.39, 0.29) is 17.0 Å². The van der Waals surface area contributed by atoms with Crippen LogP contribution in [-0.2, 0) is 22.2 Å². The van der Waals surface area contributed by atoms with Crippen molar-refractivity contribution >= 4 is 37.4 Å². The summed E-state index contributed by atoms with van der Waals surface area (Å²) in [7, 11) is -3.92. The standard InChI is InChI=1S/C29H24F2N6O3S/c1-19(29(38,16-36-18-32-17-33-36)25-11-9-22(30)14-26(25)31)37-15-21-13-23(10-12-27(21)34-37)35-41(39,40)28-8-4-6-20-5-2-3-7-24(20)28/h2-15,17-19,35,38H,16H2,1H3/t19-,29-/m1/s1. The number of hydrogen-bond acceptors (Lipinski definition) is 6. The Hall–Kier alpha value is -4.68. The molecule has 0 unspecified atom stereocenters. The average molecular weight is 575 g/mol. The van der Waals surface area contributed by atoms with E-state index < -0.39 is 33.3 Å². The number of aliphatic hydroxyl groups is 1. The molecule has 208 valence electrons. The highest BCUT2D eigenvalue weighted by molar-refractivity contribution is 7.93. The fourth-order valence-electron chi connectivity index (χ4n) is 5.01. The molecule has 0 radical (unpaired) electrons. The molecule has 0 amide bonds. The minimum Gasteiger partial charge on any atom is -0.381 e. The van der Waals surface area contributed by atoms with Gasteiger partial charge >= 0.3 is 0 Å². The molecule has 0 spiro atoms. The molecule has 12 heteroatoms. The van der Waals surface area contributed by atoms with Crippen LogP contribution in [0.5, 0.6) is 0 Å². The first-order valence-electron chi connectivity index (χ1n) is 12.6. The minimum absolute atomic E-state index is 0.134. The molecule has 6 rings (SSSR count). The Balaban J connectivity index is 1.35. The van der Waals surface area contributed by atoms with E-state index in [4.69, 9.17) is 0 Å². The van der Waals surface area contributed by atoms with Crippen LogP contribution in [0.25, 0.3) is 21.7 Å². The van der Waals surface area contributed by atoms with Crippen molar-refractivity contribution in [3.8, 4) is 0 Å². The molecule has 2 atom stereocenters. The van der Waals surface area contributed by atoms with Crippen LogP contribution in [0.3, 0.4) is 0 Å². The van der Waals surface area contributed by atoms with Gasteiger partial charge in [-0.1, -0.05) is 42.5 Å². The van der Waals surface area contributed by atoms with E-state index in [0.29, 0.717) is 28.0 Å². The SMILES string of the molecule is C[C@@H](n1cc2cc(NS(=O)(=O)c3cccc4ccccc34)ccc2n1)[C@](O)(Cn1cncn1)c1ccc(F)cc1F. The van der Waals surface area contributed by atoms with Crippen LogP contribution >= 0.6 is 0 Å². The number of rotatable bonds is 8. The number of anilines is 1. The third kappa shape index (κ3) is 4.92. The van der Waals surface area contributed by atoms with E-state index in [0.717, 1.165) is 11.5 Å². The van der Waals surface area contributed by atoms with Gasteiger partial charge in [0.05, 0.1) is 23.0 Å². The van der Waals surface area contributed by atoms with Gasteiger partial charge in [-0.2, -0.15) is 10.2 Å². The van der Waals surface area contributed by atoms with Crippen LogP contribution in [0.2, 0.25) is 0 Å². The van der Waals surface area contributed by atoms with E-state index in [2.05, 4.69) is 19.9 Å². The molecule has 41 heavy (non-hydrogen) atoms. The van der Waals surface area contributed by atoms with Crippen molar-refractivity contribution in [2.24, 2.45) is 0 Å². The van der Waals surface area contributed by atoms with Crippen molar-refractivity contribution in [2.45, 2.75) is 30.0 Å². The van der Waals surface area contributed by atoms with E-state index in [1.54, 1.807) is 55.6 Å². The van der Waals surface area contributed by atoms with Crippen LogP contribution in [0.15, 0.2) is 103 Å². The molecule has 0 fully saturated rings. The number of aromatic nitrogens is 5. The maximum absolute atomic E-state index is 15.0.